The second-order valence-corrected chi connectivity index (χ2v) is 4.45. The van der Waals surface area contributed by atoms with Gasteiger partial charge >= 0.3 is 0 Å². The fraction of sp³-hybridized carbons (Fsp3) is 0.357. The zero-order valence-corrected chi connectivity index (χ0v) is 10.8. The first kappa shape index (κ1) is 12.6. The molecule has 0 saturated heterocycles. The summed E-state index contributed by atoms with van der Waals surface area (Å²) < 4.78 is 5.49. The Morgan fingerprint density at radius 3 is 2.94 bits per heavy atom. The number of nitrogen functional groups attached to an aromatic ring is 1. The van der Waals surface area contributed by atoms with Crippen molar-refractivity contribution in [1.29, 1.82) is 0 Å². The van der Waals surface area contributed by atoms with Crippen LogP contribution in [0.3, 0.4) is 0 Å². The van der Waals surface area contributed by atoms with E-state index in [1.54, 1.807) is 6.20 Å². The summed E-state index contributed by atoms with van der Waals surface area (Å²) in [7, 11) is 0. The predicted molar refractivity (Wildman–Crippen MR) is 75.7 cm³/mol. The van der Waals surface area contributed by atoms with Gasteiger partial charge in [0.2, 0.25) is 0 Å². The molecule has 0 spiro atoms. The van der Waals surface area contributed by atoms with Crippen LogP contribution in [0.4, 0.5) is 11.4 Å². The van der Waals surface area contributed by atoms with Crippen LogP contribution < -0.4 is 11.1 Å². The number of nitrogens with one attached hydrogen (secondary N) is 1. The molecule has 0 amide bonds. The molecule has 0 bridgehead atoms. The van der Waals surface area contributed by atoms with E-state index >= 15 is 0 Å². The van der Waals surface area contributed by atoms with Gasteiger partial charge in [0.15, 0.2) is 0 Å². The van der Waals surface area contributed by atoms with E-state index in [0.717, 1.165) is 28.8 Å². The highest BCUT2D eigenvalue weighted by atomic mass is 16.5. The molecule has 3 N–H and O–H groups in total. The summed E-state index contributed by atoms with van der Waals surface area (Å²) >= 11 is 0. The quantitative estimate of drug-likeness (QED) is 0.628. The Bertz CT molecular complexity index is 525. The topological polar surface area (TPSA) is 60.2 Å². The van der Waals surface area contributed by atoms with E-state index in [4.69, 9.17) is 10.5 Å². The minimum Gasteiger partial charge on any atom is -0.398 e. The van der Waals surface area contributed by atoms with Gasteiger partial charge in [-0.3, -0.25) is 4.98 Å². The summed E-state index contributed by atoms with van der Waals surface area (Å²) in [4.78, 5) is 4.37. The SMILES string of the molecule is CC(C)OCCNc1ccc(N)c2cccnc12. The number of nitrogens with zero attached hydrogens (tertiary/aromatic N) is 1. The number of rotatable bonds is 5. The van der Waals surface area contributed by atoms with Crippen LogP contribution in [0.1, 0.15) is 13.8 Å². The number of hydrogen-bond donors (Lipinski definition) is 2. The number of fused-ring (bicyclic) bond motifs is 1. The monoisotopic (exact) mass is 245 g/mol. The van der Waals surface area contributed by atoms with Gasteiger partial charge < -0.3 is 15.8 Å². The van der Waals surface area contributed by atoms with Crippen molar-refractivity contribution in [2.75, 3.05) is 24.2 Å². The van der Waals surface area contributed by atoms with Crippen molar-refractivity contribution in [2.45, 2.75) is 20.0 Å². The molecule has 0 unspecified atom stereocenters. The van der Waals surface area contributed by atoms with Gasteiger partial charge in [0.05, 0.1) is 23.9 Å². The molecule has 4 heteroatoms. The van der Waals surface area contributed by atoms with Crippen LogP contribution in [0.25, 0.3) is 10.9 Å². The summed E-state index contributed by atoms with van der Waals surface area (Å²) in [5, 5.41) is 4.31. The standard InChI is InChI=1S/C14H19N3O/c1-10(2)18-9-8-16-13-6-5-12(15)11-4-3-7-17-14(11)13/h3-7,10,16H,8-9,15H2,1-2H3. The third-order valence-electron chi connectivity index (χ3n) is 2.67. The van der Waals surface area contributed by atoms with Crippen molar-refractivity contribution in [1.82, 2.24) is 4.98 Å². The summed E-state index contributed by atoms with van der Waals surface area (Å²) in [5.41, 5.74) is 8.58. The number of pyridine rings is 1. The summed E-state index contributed by atoms with van der Waals surface area (Å²) in [5.74, 6) is 0. The Morgan fingerprint density at radius 2 is 2.17 bits per heavy atom. The maximum absolute atomic E-state index is 5.93. The van der Waals surface area contributed by atoms with Crippen LogP contribution >= 0.6 is 0 Å². The van der Waals surface area contributed by atoms with Crippen molar-refractivity contribution in [2.24, 2.45) is 0 Å². The predicted octanol–water partition coefficient (Wildman–Crippen LogP) is 2.65. The van der Waals surface area contributed by atoms with E-state index in [-0.39, 0.29) is 6.10 Å². The van der Waals surface area contributed by atoms with E-state index < -0.39 is 0 Å². The zero-order valence-electron chi connectivity index (χ0n) is 10.8. The number of benzene rings is 1. The highest BCUT2D eigenvalue weighted by molar-refractivity contribution is 5.98. The molecule has 0 aliphatic carbocycles. The minimum atomic E-state index is 0.257. The van der Waals surface area contributed by atoms with Gasteiger partial charge in [-0.1, -0.05) is 0 Å². The van der Waals surface area contributed by atoms with Crippen molar-refractivity contribution in [3.05, 3.63) is 30.5 Å². The van der Waals surface area contributed by atoms with Crippen molar-refractivity contribution in [3.8, 4) is 0 Å². The molecule has 1 heterocycles. The van der Waals surface area contributed by atoms with Gasteiger partial charge in [-0.05, 0) is 38.1 Å². The summed E-state index contributed by atoms with van der Waals surface area (Å²) in [6.07, 6.45) is 2.03. The van der Waals surface area contributed by atoms with Gasteiger partial charge in [0.1, 0.15) is 0 Å². The van der Waals surface area contributed by atoms with Gasteiger partial charge in [-0.2, -0.15) is 0 Å². The average Bonchev–Trinajstić information content (AvgIpc) is 2.37. The molecule has 1 aromatic heterocycles. The van der Waals surface area contributed by atoms with Crippen LogP contribution in [-0.2, 0) is 4.74 Å². The molecular formula is C14H19N3O. The van der Waals surface area contributed by atoms with Crippen molar-refractivity contribution < 1.29 is 4.74 Å². The first-order valence-electron chi connectivity index (χ1n) is 6.17. The third kappa shape index (κ3) is 2.90. The molecule has 2 rings (SSSR count). The lowest BCUT2D eigenvalue weighted by molar-refractivity contribution is 0.0871. The zero-order chi connectivity index (χ0) is 13.0. The van der Waals surface area contributed by atoms with Gasteiger partial charge in [-0.25, -0.2) is 0 Å². The van der Waals surface area contributed by atoms with Crippen LogP contribution in [-0.4, -0.2) is 24.2 Å². The maximum atomic E-state index is 5.93. The number of ether oxygens (including phenoxy) is 1. The van der Waals surface area contributed by atoms with Gasteiger partial charge in [0.25, 0.3) is 0 Å². The Kier molecular flexibility index (Phi) is 3.99. The Hall–Kier alpha value is -1.81. The minimum absolute atomic E-state index is 0.257. The average molecular weight is 245 g/mol. The Balaban J connectivity index is 2.11. The molecule has 0 radical (unpaired) electrons. The first-order chi connectivity index (χ1) is 8.68. The molecule has 4 nitrogen and oxygen atoms in total. The van der Waals surface area contributed by atoms with Crippen molar-refractivity contribution in [3.63, 3.8) is 0 Å². The molecule has 2 aromatic rings. The molecular weight excluding hydrogens is 226 g/mol. The Labute approximate surface area is 107 Å². The van der Waals surface area contributed by atoms with Crippen LogP contribution in [0.2, 0.25) is 0 Å². The second kappa shape index (κ2) is 5.69. The third-order valence-corrected chi connectivity index (χ3v) is 2.67. The smallest absolute Gasteiger partial charge is 0.0953 e. The van der Waals surface area contributed by atoms with Crippen molar-refractivity contribution >= 4 is 22.3 Å². The van der Waals surface area contributed by atoms with Crippen LogP contribution in [0.5, 0.6) is 0 Å². The van der Waals surface area contributed by atoms with Gasteiger partial charge in [0, 0.05) is 23.8 Å². The fourth-order valence-corrected chi connectivity index (χ4v) is 1.82. The van der Waals surface area contributed by atoms with Crippen LogP contribution in [0.15, 0.2) is 30.5 Å². The molecule has 96 valence electrons. The lowest BCUT2D eigenvalue weighted by Crippen LogP contribution is -2.13. The first-order valence-corrected chi connectivity index (χ1v) is 6.17. The molecule has 0 atom stereocenters. The van der Waals surface area contributed by atoms with E-state index in [9.17, 15) is 0 Å². The lowest BCUT2D eigenvalue weighted by Gasteiger charge is -2.12. The molecule has 18 heavy (non-hydrogen) atoms. The normalized spacial score (nSPS) is 11.1. The Morgan fingerprint density at radius 1 is 1.33 bits per heavy atom. The van der Waals surface area contributed by atoms with E-state index in [2.05, 4.69) is 10.3 Å². The fourth-order valence-electron chi connectivity index (χ4n) is 1.82. The van der Waals surface area contributed by atoms with E-state index in [1.165, 1.54) is 0 Å². The highest BCUT2D eigenvalue weighted by Crippen LogP contribution is 2.25. The largest absolute Gasteiger partial charge is 0.398 e. The number of nitrogens with two attached hydrogens (primary N) is 1. The highest BCUT2D eigenvalue weighted by Gasteiger charge is 2.04. The maximum Gasteiger partial charge on any atom is 0.0953 e. The van der Waals surface area contributed by atoms with E-state index in [1.807, 2.05) is 38.1 Å². The number of anilines is 2. The number of aromatic nitrogens is 1. The van der Waals surface area contributed by atoms with E-state index in [0.29, 0.717) is 6.61 Å². The summed E-state index contributed by atoms with van der Waals surface area (Å²) in [6.45, 7) is 5.49. The van der Waals surface area contributed by atoms with Crippen LogP contribution in [0, 0.1) is 0 Å². The molecule has 0 aliphatic heterocycles. The number of hydrogen-bond acceptors (Lipinski definition) is 4. The summed E-state index contributed by atoms with van der Waals surface area (Å²) in [6, 6.07) is 7.73. The molecule has 0 saturated carbocycles. The molecule has 0 aliphatic rings. The molecule has 1 aromatic carbocycles. The molecule has 0 fully saturated rings. The lowest BCUT2D eigenvalue weighted by atomic mass is 10.1. The van der Waals surface area contributed by atoms with Gasteiger partial charge in [-0.15, -0.1) is 0 Å². The second-order valence-electron chi connectivity index (χ2n) is 4.45.